The van der Waals surface area contributed by atoms with Crippen LogP contribution in [0.1, 0.15) is 38.8 Å². The van der Waals surface area contributed by atoms with Crippen LogP contribution in [0.25, 0.3) is 0 Å². The third-order valence-corrected chi connectivity index (χ3v) is 3.66. The van der Waals surface area contributed by atoms with Crippen LogP contribution in [0.5, 0.6) is 0 Å². The topological polar surface area (TPSA) is 15.3 Å². The molecule has 2 nitrogen and oxygen atoms in total. The summed E-state index contributed by atoms with van der Waals surface area (Å²) in [5.41, 5.74) is 2.78. The van der Waals surface area contributed by atoms with Crippen LogP contribution in [0.4, 0.5) is 0 Å². The van der Waals surface area contributed by atoms with Gasteiger partial charge in [0, 0.05) is 19.1 Å². The van der Waals surface area contributed by atoms with Crippen molar-refractivity contribution in [1.82, 2.24) is 10.2 Å². The average Bonchev–Trinajstić information content (AvgIpc) is 2.35. The van der Waals surface area contributed by atoms with E-state index in [9.17, 15) is 0 Å². The molecule has 0 aliphatic heterocycles. The van der Waals surface area contributed by atoms with Gasteiger partial charge in [-0.25, -0.2) is 0 Å². The van der Waals surface area contributed by atoms with E-state index in [0.717, 1.165) is 19.6 Å². The molecule has 1 aromatic carbocycles. The maximum absolute atomic E-state index is 3.37. The molecular weight excluding hydrogens is 220 g/mol. The molecule has 1 N–H and O–H groups in total. The van der Waals surface area contributed by atoms with Crippen molar-refractivity contribution in [2.24, 2.45) is 5.92 Å². The molecule has 0 aromatic heterocycles. The van der Waals surface area contributed by atoms with E-state index in [1.807, 2.05) is 0 Å². The molecule has 0 saturated carbocycles. The molecule has 1 rings (SSSR count). The normalized spacial score (nSPS) is 13.3. The summed E-state index contributed by atoms with van der Waals surface area (Å²) in [4.78, 5) is 2.43. The molecule has 0 fully saturated rings. The maximum atomic E-state index is 3.37. The molecule has 18 heavy (non-hydrogen) atoms. The lowest BCUT2D eigenvalue weighted by molar-refractivity contribution is 0.200. The Morgan fingerprint density at radius 1 is 1.17 bits per heavy atom. The SMILES string of the molecule is CCNCc1cccc(CN(C)C(C)C(C)C)c1. The van der Waals surface area contributed by atoms with Gasteiger partial charge in [0.15, 0.2) is 0 Å². The Morgan fingerprint density at radius 3 is 2.44 bits per heavy atom. The van der Waals surface area contributed by atoms with Crippen LogP contribution in [0, 0.1) is 5.92 Å². The Kier molecular flexibility index (Phi) is 6.37. The number of hydrogen-bond donors (Lipinski definition) is 1. The third-order valence-electron chi connectivity index (χ3n) is 3.66. The van der Waals surface area contributed by atoms with Gasteiger partial charge in [-0.2, -0.15) is 0 Å². The van der Waals surface area contributed by atoms with Crippen LogP contribution in [-0.2, 0) is 13.1 Å². The van der Waals surface area contributed by atoms with Crippen molar-refractivity contribution in [1.29, 1.82) is 0 Å². The molecule has 0 radical (unpaired) electrons. The fourth-order valence-electron chi connectivity index (χ4n) is 2.05. The Labute approximate surface area is 112 Å². The first-order valence-corrected chi connectivity index (χ1v) is 7.03. The van der Waals surface area contributed by atoms with Crippen molar-refractivity contribution in [3.8, 4) is 0 Å². The van der Waals surface area contributed by atoms with Crippen molar-refractivity contribution in [2.75, 3.05) is 13.6 Å². The molecular formula is C16H28N2. The largest absolute Gasteiger partial charge is 0.313 e. The van der Waals surface area contributed by atoms with Crippen molar-refractivity contribution in [3.05, 3.63) is 35.4 Å². The van der Waals surface area contributed by atoms with Gasteiger partial charge < -0.3 is 5.32 Å². The number of benzene rings is 1. The molecule has 2 heteroatoms. The summed E-state index contributed by atoms with van der Waals surface area (Å²) >= 11 is 0. The first kappa shape index (κ1) is 15.2. The molecule has 0 heterocycles. The summed E-state index contributed by atoms with van der Waals surface area (Å²) in [5.74, 6) is 0.694. The number of hydrogen-bond acceptors (Lipinski definition) is 2. The molecule has 0 spiro atoms. The van der Waals surface area contributed by atoms with E-state index in [-0.39, 0.29) is 0 Å². The standard InChI is InChI=1S/C16H28N2/c1-6-17-11-15-8-7-9-16(10-15)12-18(5)14(4)13(2)3/h7-10,13-14,17H,6,11-12H2,1-5H3. The molecule has 1 atom stereocenters. The lowest BCUT2D eigenvalue weighted by Crippen LogP contribution is -2.32. The average molecular weight is 248 g/mol. The molecule has 0 aliphatic carbocycles. The molecule has 0 amide bonds. The minimum absolute atomic E-state index is 0.613. The number of nitrogens with zero attached hydrogens (tertiary/aromatic N) is 1. The highest BCUT2D eigenvalue weighted by atomic mass is 15.1. The second-order valence-corrected chi connectivity index (χ2v) is 5.50. The van der Waals surface area contributed by atoms with Gasteiger partial charge >= 0.3 is 0 Å². The zero-order valence-corrected chi connectivity index (χ0v) is 12.5. The van der Waals surface area contributed by atoms with Gasteiger partial charge in [-0.1, -0.05) is 45.0 Å². The fraction of sp³-hybridized carbons (Fsp3) is 0.625. The maximum Gasteiger partial charge on any atom is 0.0233 e. The molecule has 0 saturated heterocycles. The summed E-state index contributed by atoms with van der Waals surface area (Å²) < 4.78 is 0. The second kappa shape index (κ2) is 7.55. The third kappa shape index (κ3) is 4.79. The van der Waals surface area contributed by atoms with Crippen molar-refractivity contribution < 1.29 is 0 Å². The number of nitrogens with one attached hydrogen (secondary N) is 1. The lowest BCUT2D eigenvalue weighted by Gasteiger charge is -2.28. The van der Waals surface area contributed by atoms with Gasteiger partial charge in [-0.3, -0.25) is 4.90 Å². The molecule has 0 bridgehead atoms. The van der Waals surface area contributed by atoms with Gasteiger partial charge in [0.2, 0.25) is 0 Å². The summed E-state index contributed by atoms with van der Waals surface area (Å²) in [7, 11) is 2.21. The highest BCUT2D eigenvalue weighted by molar-refractivity contribution is 5.23. The summed E-state index contributed by atoms with van der Waals surface area (Å²) in [6, 6.07) is 9.50. The lowest BCUT2D eigenvalue weighted by atomic mass is 10.0. The molecule has 0 aliphatic rings. The van der Waals surface area contributed by atoms with Crippen LogP contribution in [0.3, 0.4) is 0 Å². The smallest absolute Gasteiger partial charge is 0.0233 e. The predicted octanol–water partition coefficient (Wildman–Crippen LogP) is 3.27. The zero-order valence-electron chi connectivity index (χ0n) is 12.5. The summed E-state index contributed by atoms with van der Waals surface area (Å²) in [6.07, 6.45) is 0. The highest BCUT2D eigenvalue weighted by Gasteiger charge is 2.13. The summed E-state index contributed by atoms with van der Waals surface area (Å²) in [6.45, 7) is 12.0. The van der Waals surface area contributed by atoms with E-state index >= 15 is 0 Å². The minimum Gasteiger partial charge on any atom is -0.313 e. The van der Waals surface area contributed by atoms with Crippen molar-refractivity contribution in [3.63, 3.8) is 0 Å². The van der Waals surface area contributed by atoms with E-state index < -0.39 is 0 Å². The van der Waals surface area contributed by atoms with Crippen molar-refractivity contribution in [2.45, 2.75) is 46.8 Å². The fourth-order valence-corrected chi connectivity index (χ4v) is 2.05. The van der Waals surface area contributed by atoms with Crippen LogP contribution in [0.15, 0.2) is 24.3 Å². The number of rotatable bonds is 7. The summed E-state index contributed by atoms with van der Waals surface area (Å²) in [5, 5.41) is 3.37. The minimum atomic E-state index is 0.613. The molecule has 1 aromatic rings. The van der Waals surface area contributed by atoms with Gasteiger partial charge in [0.1, 0.15) is 0 Å². The van der Waals surface area contributed by atoms with Gasteiger partial charge in [0.25, 0.3) is 0 Å². The van der Waals surface area contributed by atoms with Crippen molar-refractivity contribution >= 4 is 0 Å². The monoisotopic (exact) mass is 248 g/mol. The van der Waals surface area contributed by atoms with Crippen LogP contribution in [-0.4, -0.2) is 24.5 Å². The molecule has 1 unspecified atom stereocenters. The van der Waals surface area contributed by atoms with E-state index in [1.165, 1.54) is 11.1 Å². The van der Waals surface area contributed by atoms with E-state index in [1.54, 1.807) is 0 Å². The van der Waals surface area contributed by atoms with Crippen LogP contribution >= 0.6 is 0 Å². The van der Waals surface area contributed by atoms with E-state index in [4.69, 9.17) is 0 Å². The van der Waals surface area contributed by atoms with E-state index in [0.29, 0.717) is 12.0 Å². The first-order chi connectivity index (χ1) is 8.54. The van der Waals surface area contributed by atoms with Gasteiger partial charge in [-0.15, -0.1) is 0 Å². The van der Waals surface area contributed by atoms with Gasteiger partial charge in [0.05, 0.1) is 0 Å². The van der Waals surface area contributed by atoms with Crippen LogP contribution in [0.2, 0.25) is 0 Å². The highest BCUT2D eigenvalue weighted by Crippen LogP contribution is 2.13. The Hall–Kier alpha value is -0.860. The Bertz CT molecular complexity index is 347. The Morgan fingerprint density at radius 2 is 1.83 bits per heavy atom. The quantitative estimate of drug-likeness (QED) is 0.796. The molecule has 102 valence electrons. The second-order valence-electron chi connectivity index (χ2n) is 5.50. The van der Waals surface area contributed by atoms with Gasteiger partial charge in [-0.05, 0) is 37.6 Å². The van der Waals surface area contributed by atoms with E-state index in [2.05, 4.69) is 69.2 Å². The zero-order chi connectivity index (χ0) is 13.5. The predicted molar refractivity (Wildman–Crippen MR) is 79.6 cm³/mol. The van der Waals surface area contributed by atoms with Crippen LogP contribution < -0.4 is 5.32 Å². The first-order valence-electron chi connectivity index (χ1n) is 7.03. The Balaban J connectivity index is 2.61.